The summed E-state index contributed by atoms with van der Waals surface area (Å²) in [6.45, 7) is 0.554. The molecular formula is C7H9ClN2O2. The number of carboxylic acid groups (broad SMARTS) is 1. The summed E-state index contributed by atoms with van der Waals surface area (Å²) in [5.74, 6) is -0.793. The Hall–Kier alpha value is -1.03. The summed E-state index contributed by atoms with van der Waals surface area (Å²) in [5, 5.41) is 12.8. The van der Waals surface area contributed by atoms with Crippen LogP contribution in [-0.4, -0.2) is 20.9 Å². The Morgan fingerprint density at radius 3 is 3.00 bits per heavy atom. The van der Waals surface area contributed by atoms with Gasteiger partial charge in [0, 0.05) is 13.0 Å². The van der Waals surface area contributed by atoms with E-state index in [1.807, 2.05) is 0 Å². The van der Waals surface area contributed by atoms with Crippen molar-refractivity contribution < 1.29 is 9.90 Å². The molecule has 66 valence electrons. The number of halogens is 1. The predicted molar refractivity (Wildman–Crippen MR) is 44.1 cm³/mol. The van der Waals surface area contributed by atoms with Gasteiger partial charge in [0.1, 0.15) is 5.15 Å². The molecule has 12 heavy (non-hydrogen) atoms. The first-order valence-electron chi connectivity index (χ1n) is 3.59. The first-order valence-corrected chi connectivity index (χ1v) is 3.97. The maximum absolute atomic E-state index is 10.2. The van der Waals surface area contributed by atoms with Crippen molar-refractivity contribution in [1.82, 2.24) is 9.78 Å². The van der Waals surface area contributed by atoms with Crippen molar-refractivity contribution in [3.8, 4) is 0 Å². The first kappa shape index (κ1) is 9.06. The fourth-order valence-corrected chi connectivity index (χ4v) is 1.05. The third kappa shape index (κ3) is 2.54. The first-order chi connectivity index (χ1) is 5.70. The standard InChI is InChI=1S/C7H9ClN2O2/c8-6-3-4-9-10(6)5-1-2-7(11)12/h3-4H,1-2,5H2,(H,11,12). The van der Waals surface area contributed by atoms with Crippen molar-refractivity contribution in [1.29, 1.82) is 0 Å². The molecule has 1 heterocycles. The molecule has 0 saturated heterocycles. The molecule has 4 nitrogen and oxygen atoms in total. The minimum atomic E-state index is -0.793. The van der Waals surface area contributed by atoms with E-state index in [9.17, 15) is 4.79 Å². The van der Waals surface area contributed by atoms with Gasteiger partial charge in [-0.3, -0.25) is 9.48 Å². The van der Waals surface area contributed by atoms with Crippen LogP contribution in [0.1, 0.15) is 12.8 Å². The molecule has 5 heteroatoms. The van der Waals surface area contributed by atoms with Gasteiger partial charge < -0.3 is 5.11 Å². The van der Waals surface area contributed by atoms with Crippen LogP contribution in [0.25, 0.3) is 0 Å². The van der Waals surface area contributed by atoms with Crippen molar-refractivity contribution in [2.24, 2.45) is 0 Å². The Kier molecular flexibility index (Phi) is 3.10. The lowest BCUT2D eigenvalue weighted by atomic mass is 10.3. The Bertz CT molecular complexity index is 272. The summed E-state index contributed by atoms with van der Waals surface area (Å²) >= 11 is 5.71. The van der Waals surface area contributed by atoms with Gasteiger partial charge in [-0.25, -0.2) is 0 Å². The Morgan fingerprint density at radius 1 is 1.75 bits per heavy atom. The topological polar surface area (TPSA) is 55.1 Å². The lowest BCUT2D eigenvalue weighted by Crippen LogP contribution is -2.03. The SMILES string of the molecule is O=C(O)CCCn1nccc1Cl. The molecule has 0 aliphatic heterocycles. The monoisotopic (exact) mass is 188 g/mol. The zero-order chi connectivity index (χ0) is 8.97. The van der Waals surface area contributed by atoms with Crippen LogP contribution in [0.4, 0.5) is 0 Å². The van der Waals surface area contributed by atoms with Crippen LogP contribution in [0.15, 0.2) is 12.3 Å². The highest BCUT2D eigenvalue weighted by Crippen LogP contribution is 2.07. The molecule has 0 amide bonds. The molecule has 0 fully saturated rings. The second-order valence-corrected chi connectivity index (χ2v) is 2.76. The molecule has 1 N–H and O–H groups in total. The van der Waals surface area contributed by atoms with E-state index in [1.54, 1.807) is 16.9 Å². The summed E-state index contributed by atoms with van der Waals surface area (Å²) in [6.07, 6.45) is 2.29. The van der Waals surface area contributed by atoms with Gasteiger partial charge in [0.25, 0.3) is 0 Å². The van der Waals surface area contributed by atoms with Gasteiger partial charge in [-0.05, 0) is 12.5 Å². The van der Waals surface area contributed by atoms with Gasteiger partial charge in [-0.15, -0.1) is 0 Å². The van der Waals surface area contributed by atoms with Crippen LogP contribution in [0, 0.1) is 0 Å². The van der Waals surface area contributed by atoms with Gasteiger partial charge in [0.05, 0.1) is 6.20 Å². The van der Waals surface area contributed by atoms with Crippen LogP contribution >= 0.6 is 11.6 Å². The van der Waals surface area contributed by atoms with Crippen LogP contribution in [0.2, 0.25) is 5.15 Å². The fraction of sp³-hybridized carbons (Fsp3) is 0.429. The number of nitrogens with zero attached hydrogens (tertiary/aromatic N) is 2. The number of aromatic nitrogens is 2. The summed E-state index contributed by atoms with van der Waals surface area (Å²) in [6, 6.07) is 1.67. The lowest BCUT2D eigenvalue weighted by Gasteiger charge is -1.99. The molecule has 0 saturated carbocycles. The highest BCUT2D eigenvalue weighted by molar-refractivity contribution is 6.29. The zero-order valence-corrected chi connectivity index (χ0v) is 7.16. The lowest BCUT2D eigenvalue weighted by molar-refractivity contribution is -0.137. The fourth-order valence-electron chi connectivity index (χ4n) is 0.861. The Morgan fingerprint density at radius 2 is 2.50 bits per heavy atom. The summed E-state index contributed by atoms with van der Waals surface area (Å²) in [4.78, 5) is 10.2. The maximum atomic E-state index is 10.2. The van der Waals surface area contributed by atoms with E-state index in [0.29, 0.717) is 18.1 Å². The number of aliphatic carboxylic acids is 1. The quantitative estimate of drug-likeness (QED) is 0.777. The van der Waals surface area contributed by atoms with Crippen molar-refractivity contribution in [2.45, 2.75) is 19.4 Å². The largest absolute Gasteiger partial charge is 0.481 e. The van der Waals surface area contributed by atoms with Crippen molar-refractivity contribution in [3.05, 3.63) is 17.4 Å². The number of aryl methyl sites for hydroxylation is 1. The van der Waals surface area contributed by atoms with E-state index in [4.69, 9.17) is 16.7 Å². The summed E-state index contributed by atoms with van der Waals surface area (Å²) < 4.78 is 1.57. The molecule has 0 radical (unpaired) electrons. The van der Waals surface area contributed by atoms with E-state index in [1.165, 1.54) is 0 Å². The molecule has 0 bridgehead atoms. The zero-order valence-electron chi connectivity index (χ0n) is 6.40. The Balaban J connectivity index is 2.33. The number of hydrogen-bond donors (Lipinski definition) is 1. The number of rotatable bonds is 4. The highest BCUT2D eigenvalue weighted by Gasteiger charge is 2.00. The summed E-state index contributed by atoms with van der Waals surface area (Å²) in [5.41, 5.74) is 0. The summed E-state index contributed by atoms with van der Waals surface area (Å²) in [7, 11) is 0. The molecule has 0 atom stereocenters. The number of carbonyl (C=O) groups is 1. The van der Waals surface area contributed by atoms with Gasteiger partial charge in [-0.1, -0.05) is 11.6 Å². The minimum absolute atomic E-state index is 0.149. The van der Waals surface area contributed by atoms with Gasteiger partial charge >= 0.3 is 5.97 Å². The van der Waals surface area contributed by atoms with Crippen LogP contribution in [-0.2, 0) is 11.3 Å². The third-order valence-corrected chi connectivity index (χ3v) is 1.75. The van der Waals surface area contributed by atoms with E-state index < -0.39 is 5.97 Å². The average molecular weight is 189 g/mol. The molecule has 0 aliphatic rings. The molecule has 0 aromatic carbocycles. The smallest absolute Gasteiger partial charge is 0.303 e. The van der Waals surface area contributed by atoms with Crippen LogP contribution < -0.4 is 0 Å². The number of carboxylic acids is 1. The second kappa shape index (κ2) is 4.11. The predicted octanol–water partition coefficient (Wildman–Crippen LogP) is 1.40. The minimum Gasteiger partial charge on any atom is -0.481 e. The Labute approximate surface area is 74.8 Å². The third-order valence-electron chi connectivity index (χ3n) is 1.43. The van der Waals surface area contributed by atoms with E-state index in [0.717, 1.165) is 0 Å². The molecule has 1 rings (SSSR count). The van der Waals surface area contributed by atoms with Crippen LogP contribution in [0.3, 0.4) is 0 Å². The van der Waals surface area contributed by atoms with Gasteiger partial charge in [0.2, 0.25) is 0 Å². The number of hydrogen-bond acceptors (Lipinski definition) is 2. The molecule has 1 aromatic rings. The van der Waals surface area contributed by atoms with E-state index in [-0.39, 0.29) is 6.42 Å². The second-order valence-electron chi connectivity index (χ2n) is 2.37. The molecular weight excluding hydrogens is 180 g/mol. The van der Waals surface area contributed by atoms with Gasteiger partial charge in [-0.2, -0.15) is 5.10 Å². The van der Waals surface area contributed by atoms with Crippen molar-refractivity contribution >= 4 is 17.6 Å². The van der Waals surface area contributed by atoms with E-state index >= 15 is 0 Å². The van der Waals surface area contributed by atoms with Crippen molar-refractivity contribution in [3.63, 3.8) is 0 Å². The molecule has 0 spiro atoms. The normalized spacial score (nSPS) is 10.1. The van der Waals surface area contributed by atoms with Crippen LogP contribution in [0.5, 0.6) is 0 Å². The van der Waals surface area contributed by atoms with E-state index in [2.05, 4.69) is 5.10 Å². The highest BCUT2D eigenvalue weighted by atomic mass is 35.5. The molecule has 0 unspecified atom stereocenters. The molecule has 1 aromatic heterocycles. The molecule has 0 aliphatic carbocycles. The van der Waals surface area contributed by atoms with Crippen molar-refractivity contribution in [2.75, 3.05) is 0 Å². The average Bonchev–Trinajstić information content (AvgIpc) is 2.36. The van der Waals surface area contributed by atoms with Gasteiger partial charge in [0.15, 0.2) is 0 Å². The maximum Gasteiger partial charge on any atom is 0.303 e.